The van der Waals surface area contributed by atoms with Crippen molar-refractivity contribution in [1.29, 1.82) is 0 Å². The third-order valence-electron chi connectivity index (χ3n) is 4.97. The monoisotopic (exact) mass is 364 g/mol. The van der Waals surface area contributed by atoms with Crippen molar-refractivity contribution in [2.45, 2.75) is 44.0 Å². The minimum Gasteiger partial charge on any atom is -0.374 e. The van der Waals surface area contributed by atoms with Crippen LogP contribution in [0, 0.1) is 0 Å². The van der Waals surface area contributed by atoms with Crippen LogP contribution in [-0.2, 0) is 10.9 Å². The van der Waals surface area contributed by atoms with Gasteiger partial charge in [0, 0.05) is 30.6 Å². The van der Waals surface area contributed by atoms with Crippen LogP contribution in [0.5, 0.6) is 0 Å². The zero-order valence-electron chi connectivity index (χ0n) is 14.1. The van der Waals surface area contributed by atoms with Gasteiger partial charge in [-0.3, -0.25) is 4.98 Å². The van der Waals surface area contributed by atoms with Crippen molar-refractivity contribution in [3.8, 4) is 11.4 Å². The molecule has 0 spiro atoms. The summed E-state index contributed by atoms with van der Waals surface area (Å²) in [5, 5.41) is 0. The predicted octanol–water partition coefficient (Wildman–Crippen LogP) is 3.71. The quantitative estimate of drug-likeness (QED) is 0.813. The Hall–Kier alpha value is -2.22. The van der Waals surface area contributed by atoms with Crippen LogP contribution >= 0.6 is 0 Å². The first kappa shape index (κ1) is 17.2. The Kier molecular flexibility index (Phi) is 4.52. The molecule has 0 unspecified atom stereocenters. The zero-order valence-corrected chi connectivity index (χ0v) is 14.1. The molecule has 1 saturated carbocycles. The molecule has 0 N–H and O–H groups in total. The molecule has 4 rings (SSSR count). The van der Waals surface area contributed by atoms with Gasteiger partial charge in [0.05, 0.1) is 18.8 Å². The molecule has 1 aliphatic heterocycles. The standard InChI is InChI=1S/C18H19F3N4O/c19-18(20,21)15-11-16(24-17(23-15)12-5-7-22-8-6-12)25-9-10-26-14-4-2-1-3-13(14)25/h5-8,11,13-14H,1-4,9-10H2/t13-,14-/m1/s1. The number of aromatic nitrogens is 3. The summed E-state index contributed by atoms with van der Waals surface area (Å²) in [4.78, 5) is 14.1. The van der Waals surface area contributed by atoms with Gasteiger partial charge in [-0.2, -0.15) is 13.2 Å². The number of alkyl halides is 3. The number of fused-ring (bicyclic) bond motifs is 1. The largest absolute Gasteiger partial charge is 0.433 e. The third kappa shape index (κ3) is 3.38. The highest BCUT2D eigenvalue weighted by atomic mass is 19.4. The SMILES string of the molecule is FC(F)(F)c1cc(N2CCO[C@@H]3CCCC[C@H]32)nc(-c2ccncc2)n1. The Labute approximate surface area is 149 Å². The van der Waals surface area contributed by atoms with Gasteiger partial charge in [0.15, 0.2) is 11.5 Å². The molecule has 2 aliphatic rings. The van der Waals surface area contributed by atoms with Gasteiger partial charge in [0.2, 0.25) is 0 Å². The molecule has 0 radical (unpaired) electrons. The molecule has 2 fully saturated rings. The topological polar surface area (TPSA) is 51.1 Å². The Balaban J connectivity index is 1.77. The van der Waals surface area contributed by atoms with E-state index in [0.717, 1.165) is 31.7 Å². The zero-order chi connectivity index (χ0) is 18.1. The van der Waals surface area contributed by atoms with Gasteiger partial charge in [-0.1, -0.05) is 12.8 Å². The van der Waals surface area contributed by atoms with Gasteiger partial charge in [-0.15, -0.1) is 0 Å². The molecule has 2 atom stereocenters. The maximum Gasteiger partial charge on any atom is 0.433 e. The number of pyridine rings is 1. The number of hydrogen-bond acceptors (Lipinski definition) is 5. The molecule has 2 aromatic rings. The Bertz CT molecular complexity index is 767. The van der Waals surface area contributed by atoms with E-state index < -0.39 is 11.9 Å². The second kappa shape index (κ2) is 6.83. The van der Waals surface area contributed by atoms with Gasteiger partial charge < -0.3 is 9.64 Å². The second-order valence-electron chi connectivity index (χ2n) is 6.62. The lowest BCUT2D eigenvalue weighted by molar-refractivity contribution is -0.141. The van der Waals surface area contributed by atoms with E-state index in [0.29, 0.717) is 24.5 Å². The number of ether oxygens (including phenoxy) is 1. The van der Waals surface area contributed by atoms with Crippen LogP contribution in [0.15, 0.2) is 30.6 Å². The van der Waals surface area contributed by atoms with Crippen LogP contribution in [0.4, 0.5) is 19.0 Å². The fraction of sp³-hybridized carbons (Fsp3) is 0.500. The van der Waals surface area contributed by atoms with Crippen molar-refractivity contribution < 1.29 is 17.9 Å². The lowest BCUT2D eigenvalue weighted by atomic mass is 9.90. The van der Waals surface area contributed by atoms with Gasteiger partial charge in [-0.25, -0.2) is 9.97 Å². The Morgan fingerprint density at radius 3 is 2.62 bits per heavy atom. The van der Waals surface area contributed by atoms with Crippen molar-refractivity contribution in [2.24, 2.45) is 0 Å². The summed E-state index contributed by atoms with van der Waals surface area (Å²) in [6.45, 7) is 1.03. The first-order chi connectivity index (χ1) is 12.5. The number of anilines is 1. The van der Waals surface area contributed by atoms with E-state index in [9.17, 15) is 13.2 Å². The molecule has 1 saturated heterocycles. The van der Waals surface area contributed by atoms with E-state index in [2.05, 4.69) is 15.0 Å². The predicted molar refractivity (Wildman–Crippen MR) is 89.6 cm³/mol. The molecular formula is C18H19F3N4O. The van der Waals surface area contributed by atoms with E-state index in [4.69, 9.17) is 4.74 Å². The summed E-state index contributed by atoms with van der Waals surface area (Å²) >= 11 is 0. The summed E-state index contributed by atoms with van der Waals surface area (Å²) < 4.78 is 46.1. The summed E-state index contributed by atoms with van der Waals surface area (Å²) in [6, 6.07) is 4.35. The maximum atomic E-state index is 13.4. The van der Waals surface area contributed by atoms with E-state index in [1.165, 1.54) is 12.4 Å². The first-order valence-electron chi connectivity index (χ1n) is 8.77. The van der Waals surface area contributed by atoms with Gasteiger partial charge in [-0.05, 0) is 25.0 Å². The molecule has 5 nitrogen and oxygen atoms in total. The van der Waals surface area contributed by atoms with E-state index in [1.54, 1.807) is 12.1 Å². The van der Waals surface area contributed by atoms with E-state index in [1.807, 2.05) is 4.90 Å². The molecule has 138 valence electrons. The maximum absolute atomic E-state index is 13.4. The molecule has 0 bridgehead atoms. The summed E-state index contributed by atoms with van der Waals surface area (Å²) in [5.74, 6) is 0.385. The van der Waals surface area contributed by atoms with Gasteiger partial charge in [0.25, 0.3) is 0 Å². The average Bonchev–Trinajstić information content (AvgIpc) is 2.67. The summed E-state index contributed by atoms with van der Waals surface area (Å²) in [7, 11) is 0. The number of hydrogen-bond donors (Lipinski definition) is 0. The number of morpholine rings is 1. The van der Waals surface area contributed by atoms with Crippen molar-refractivity contribution >= 4 is 5.82 Å². The van der Waals surface area contributed by atoms with Crippen LogP contribution < -0.4 is 4.90 Å². The Morgan fingerprint density at radius 1 is 1.08 bits per heavy atom. The van der Waals surface area contributed by atoms with Gasteiger partial charge >= 0.3 is 6.18 Å². The van der Waals surface area contributed by atoms with Crippen molar-refractivity contribution in [2.75, 3.05) is 18.1 Å². The number of halogens is 3. The smallest absolute Gasteiger partial charge is 0.374 e. The third-order valence-corrected chi connectivity index (χ3v) is 4.97. The molecular weight excluding hydrogens is 345 g/mol. The minimum atomic E-state index is -4.53. The molecule has 0 amide bonds. The summed E-state index contributed by atoms with van der Waals surface area (Å²) in [6.07, 6.45) is 2.55. The molecule has 0 aromatic carbocycles. The lowest BCUT2D eigenvalue weighted by Crippen LogP contribution is -2.53. The van der Waals surface area contributed by atoms with Gasteiger partial charge in [0.1, 0.15) is 5.82 Å². The van der Waals surface area contributed by atoms with Crippen molar-refractivity contribution in [3.63, 3.8) is 0 Å². The van der Waals surface area contributed by atoms with Crippen LogP contribution in [-0.4, -0.2) is 40.2 Å². The van der Waals surface area contributed by atoms with Crippen molar-refractivity contribution in [3.05, 3.63) is 36.3 Å². The highest BCUT2D eigenvalue weighted by molar-refractivity contribution is 5.58. The van der Waals surface area contributed by atoms with Crippen LogP contribution in [0.2, 0.25) is 0 Å². The lowest BCUT2D eigenvalue weighted by Gasteiger charge is -2.44. The number of nitrogens with zero attached hydrogens (tertiary/aromatic N) is 4. The first-order valence-corrected chi connectivity index (χ1v) is 8.77. The molecule has 3 heterocycles. The van der Waals surface area contributed by atoms with Crippen LogP contribution in [0.1, 0.15) is 31.4 Å². The molecule has 2 aromatic heterocycles. The molecule has 8 heteroatoms. The fourth-order valence-electron chi connectivity index (χ4n) is 3.74. The normalized spacial score (nSPS) is 23.6. The summed E-state index contributed by atoms with van der Waals surface area (Å²) in [5.41, 5.74) is -0.408. The van der Waals surface area contributed by atoms with Crippen LogP contribution in [0.3, 0.4) is 0 Å². The molecule has 1 aliphatic carbocycles. The highest BCUT2D eigenvalue weighted by Crippen LogP contribution is 2.35. The molecule has 26 heavy (non-hydrogen) atoms. The minimum absolute atomic E-state index is 0.0613. The fourth-order valence-corrected chi connectivity index (χ4v) is 3.74. The highest BCUT2D eigenvalue weighted by Gasteiger charge is 2.38. The average molecular weight is 364 g/mol. The van der Waals surface area contributed by atoms with E-state index >= 15 is 0 Å². The van der Waals surface area contributed by atoms with Crippen molar-refractivity contribution in [1.82, 2.24) is 15.0 Å². The Morgan fingerprint density at radius 2 is 1.85 bits per heavy atom. The van der Waals surface area contributed by atoms with E-state index in [-0.39, 0.29) is 18.0 Å². The number of rotatable bonds is 2. The second-order valence-corrected chi connectivity index (χ2v) is 6.62. The van der Waals surface area contributed by atoms with Crippen LogP contribution in [0.25, 0.3) is 11.4 Å².